The van der Waals surface area contributed by atoms with E-state index in [1.807, 2.05) is 12.1 Å². The maximum Gasteiger partial charge on any atom is 0.188 e. The van der Waals surface area contributed by atoms with E-state index < -0.39 is 0 Å². The van der Waals surface area contributed by atoms with E-state index in [0.717, 1.165) is 27.8 Å². The third kappa shape index (κ3) is 3.45. The number of hydrogen-bond donors (Lipinski definition) is 0. The van der Waals surface area contributed by atoms with Crippen molar-refractivity contribution in [1.29, 1.82) is 0 Å². The lowest BCUT2D eigenvalue weighted by Gasteiger charge is -2.15. The van der Waals surface area contributed by atoms with Crippen molar-refractivity contribution >= 4 is 49.3 Å². The van der Waals surface area contributed by atoms with Crippen molar-refractivity contribution in [2.75, 3.05) is 0 Å². The van der Waals surface area contributed by atoms with Crippen LogP contribution in [0.4, 0.5) is 5.69 Å². The van der Waals surface area contributed by atoms with Gasteiger partial charge in [0.25, 0.3) is 0 Å². The molecule has 0 unspecified atom stereocenters. The van der Waals surface area contributed by atoms with E-state index >= 15 is 0 Å². The molecule has 0 bridgehead atoms. The van der Waals surface area contributed by atoms with E-state index in [1.54, 1.807) is 0 Å². The van der Waals surface area contributed by atoms with Gasteiger partial charge in [0.2, 0.25) is 0 Å². The van der Waals surface area contributed by atoms with E-state index in [2.05, 4.69) is 142 Å². The normalized spacial score (nSPS) is 11.5. The third-order valence-electron chi connectivity index (χ3n) is 8.27. The first-order chi connectivity index (χ1) is 20.2. The highest BCUT2D eigenvalue weighted by Gasteiger charge is 2.18. The summed E-state index contributed by atoms with van der Waals surface area (Å²) in [5.74, 6) is 0. The Balaban J connectivity index is 1.44. The topological polar surface area (TPSA) is 14.2 Å². The molecule has 3 nitrogen and oxygen atoms in total. The molecule has 0 aliphatic heterocycles. The average Bonchev–Trinajstić information content (AvgIpc) is 3.54. The van der Waals surface area contributed by atoms with Gasteiger partial charge in [-0.15, -0.1) is 0 Å². The Bertz CT molecular complexity index is 2290. The monoisotopic (exact) mass is 523 g/mol. The Morgan fingerprint density at radius 1 is 0.488 bits per heavy atom. The minimum absolute atomic E-state index is 0.631. The lowest BCUT2D eigenvalue weighted by atomic mass is 10.00. The first kappa shape index (κ1) is 23.3. The van der Waals surface area contributed by atoms with Crippen molar-refractivity contribution in [2.24, 2.45) is 0 Å². The highest BCUT2D eigenvalue weighted by molar-refractivity contribution is 6.12. The van der Waals surface area contributed by atoms with Gasteiger partial charge in [-0.3, -0.25) is 0 Å². The maximum atomic E-state index is 7.78. The molecular formula is C38H25N3. The minimum atomic E-state index is 0.631. The van der Waals surface area contributed by atoms with Gasteiger partial charge >= 0.3 is 0 Å². The number of rotatable bonds is 3. The Hall–Kier alpha value is -5.59. The molecule has 6 aromatic carbocycles. The summed E-state index contributed by atoms with van der Waals surface area (Å²) < 4.78 is 4.71. The molecule has 2 heterocycles. The van der Waals surface area contributed by atoms with Gasteiger partial charge in [-0.25, -0.2) is 4.85 Å². The van der Waals surface area contributed by atoms with E-state index in [4.69, 9.17) is 6.57 Å². The molecule has 0 amide bonds. The Morgan fingerprint density at radius 2 is 1.02 bits per heavy atom. The van der Waals surface area contributed by atoms with Gasteiger partial charge in [0.05, 0.1) is 34.3 Å². The standard InChI is InChI=1S/C38H25N3/c1-25-11-3-7-15-33(25)40-36-18-10-6-14-30(36)32-23-26(19-21-38(32)40)31-24-27(39-2)20-22-37(31)41-34-16-8-4-12-28(34)29-13-5-9-17-35(29)41/h3-24H,1H3. The molecule has 8 aromatic rings. The number of benzene rings is 6. The lowest BCUT2D eigenvalue weighted by molar-refractivity contribution is 1.15. The van der Waals surface area contributed by atoms with Crippen LogP contribution in [-0.4, -0.2) is 9.13 Å². The van der Waals surface area contributed by atoms with Crippen LogP contribution in [0.5, 0.6) is 0 Å². The van der Waals surface area contributed by atoms with Crippen LogP contribution in [-0.2, 0) is 0 Å². The molecule has 0 aliphatic rings. The highest BCUT2D eigenvalue weighted by atomic mass is 15.0. The fraction of sp³-hybridized carbons (Fsp3) is 0.0263. The molecule has 0 atom stereocenters. The van der Waals surface area contributed by atoms with Crippen molar-refractivity contribution in [2.45, 2.75) is 6.92 Å². The molecule has 0 radical (unpaired) electrons. The van der Waals surface area contributed by atoms with Gasteiger partial charge in [-0.1, -0.05) is 84.9 Å². The number of hydrogen-bond acceptors (Lipinski definition) is 0. The molecule has 0 aliphatic carbocycles. The molecule has 192 valence electrons. The number of aromatic nitrogens is 2. The van der Waals surface area contributed by atoms with E-state index in [0.29, 0.717) is 5.69 Å². The first-order valence-corrected chi connectivity index (χ1v) is 13.8. The zero-order valence-electron chi connectivity index (χ0n) is 22.5. The Kier molecular flexibility index (Phi) is 5.10. The fourth-order valence-corrected chi connectivity index (χ4v) is 6.42. The fourth-order valence-electron chi connectivity index (χ4n) is 6.42. The summed E-state index contributed by atoms with van der Waals surface area (Å²) >= 11 is 0. The summed E-state index contributed by atoms with van der Waals surface area (Å²) in [5.41, 5.74) is 10.9. The molecule has 0 fully saturated rings. The third-order valence-corrected chi connectivity index (χ3v) is 8.27. The van der Waals surface area contributed by atoms with Gasteiger partial charge in [0.15, 0.2) is 5.69 Å². The van der Waals surface area contributed by atoms with Gasteiger partial charge < -0.3 is 9.13 Å². The van der Waals surface area contributed by atoms with E-state index in [1.165, 1.54) is 43.8 Å². The number of fused-ring (bicyclic) bond motifs is 6. The number of para-hydroxylation sites is 4. The largest absolute Gasteiger partial charge is 0.309 e. The van der Waals surface area contributed by atoms with Gasteiger partial charge in [-0.2, -0.15) is 0 Å². The van der Waals surface area contributed by atoms with Crippen molar-refractivity contribution in [3.8, 4) is 22.5 Å². The van der Waals surface area contributed by atoms with Crippen LogP contribution in [0.1, 0.15) is 5.56 Å². The van der Waals surface area contributed by atoms with Crippen LogP contribution in [0.3, 0.4) is 0 Å². The van der Waals surface area contributed by atoms with Crippen LogP contribution in [0.2, 0.25) is 0 Å². The summed E-state index contributed by atoms with van der Waals surface area (Å²) in [6.07, 6.45) is 0. The second-order valence-electron chi connectivity index (χ2n) is 10.6. The molecule has 0 spiro atoms. The number of aryl methyl sites for hydroxylation is 1. The summed E-state index contributed by atoms with van der Waals surface area (Å²) in [6, 6.07) is 47.1. The molecule has 0 saturated heterocycles. The van der Waals surface area contributed by atoms with E-state index in [-0.39, 0.29) is 0 Å². The van der Waals surface area contributed by atoms with E-state index in [9.17, 15) is 0 Å². The van der Waals surface area contributed by atoms with Crippen LogP contribution >= 0.6 is 0 Å². The van der Waals surface area contributed by atoms with Crippen LogP contribution < -0.4 is 0 Å². The van der Waals surface area contributed by atoms with Crippen LogP contribution in [0.25, 0.3) is 71.0 Å². The second kappa shape index (κ2) is 8.98. The average molecular weight is 524 g/mol. The predicted octanol–water partition coefficient (Wildman–Crippen LogP) is 10.4. The zero-order chi connectivity index (χ0) is 27.5. The summed E-state index contributed by atoms with van der Waals surface area (Å²) in [6.45, 7) is 9.95. The zero-order valence-corrected chi connectivity index (χ0v) is 22.5. The summed E-state index contributed by atoms with van der Waals surface area (Å²) in [4.78, 5) is 3.81. The van der Waals surface area contributed by atoms with Crippen molar-refractivity contribution in [1.82, 2.24) is 9.13 Å². The van der Waals surface area contributed by atoms with Crippen LogP contribution in [0, 0.1) is 13.5 Å². The highest BCUT2D eigenvalue weighted by Crippen LogP contribution is 2.40. The first-order valence-electron chi connectivity index (χ1n) is 13.8. The van der Waals surface area contributed by atoms with Crippen LogP contribution in [0.15, 0.2) is 133 Å². The van der Waals surface area contributed by atoms with Gasteiger partial charge in [-0.05, 0) is 72.1 Å². The smallest absolute Gasteiger partial charge is 0.188 e. The lowest BCUT2D eigenvalue weighted by Crippen LogP contribution is -1.98. The molecule has 3 heteroatoms. The Morgan fingerprint density at radius 3 is 1.66 bits per heavy atom. The minimum Gasteiger partial charge on any atom is -0.309 e. The van der Waals surface area contributed by atoms with Crippen molar-refractivity contribution in [3.05, 3.63) is 150 Å². The van der Waals surface area contributed by atoms with Crippen molar-refractivity contribution < 1.29 is 0 Å². The molecule has 0 N–H and O–H groups in total. The summed E-state index contributed by atoms with van der Waals surface area (Å²) in [5, 5.41) is 4.86. The SMILES string of the molecule is [C-]#[N+]c1ccc(-n2c3ccccc3c3ccccc32)c(-c2ccc3c(c2)c2ccccc2n3-c2ccccc2C)c1. The number of nitrogens with zero attached hydrogens (tertiary/aromatic N) is 3. The quantitative estimate of drug-likeness (QED) is 0.205. The van der Waals surface area contributed by atoms with Crippen molar-refractivity contribution in [3.63, 3.8) is 0 Å². The molecule has 2 aromatic heterocycles. The van der Waals surface area contributed by atoms with Gasteiger partial charge in [0.1, 0.15) is 0 Å². The second-order valence-corrected chi connectivity index (χ2v) is 10.6. The van der Waals surface area contributed by atoms with Gasteiger partial charge in [0, 0.05) is 27.2 Å². The predicted molar refractivity (Wildman–Crippen MR) is 172 cm³/mol. The summed E-state index contributed by atoms with van der Waals surface area (Å²) in [7, 11) is 0. The molecule has 8 rings (SSSR count). The Labute approximate surface area is 238 Å². The molecular weight excluding hydrogens is 498 g/mol. The molecule has 41 heavy (non-hydrogen) atoms. The molecule has 0 saturated carbocycles. The maximum absolute atomic E-state index is 7.78.